The summed E-state index contributed by atoms with van der Waals surface area (Å²) >= 11 is 12.1. The van der Waals surface area contributed by atoms with Gasteiger partial charge in [-0.1, -0.05) is 60.5 Å². The number of carbonyl (C=O) groups is 2. The quantitative estimate of drug-likeness (QED) is 0.314. The molecule has 0 bridgehead atoms. The molecule has 0 fully saturated rings. The second-order valence-electron chi connectivity index (χ2n) is 8.68. The van der Waals surface area contributed by atoms with Gasteiger partial charge in [0, 0.05) is 13.6 Å². The van der Waals surface area contributed by atoms with E-state index < -0.39 is 46.2 Å². The molecule has 0 aliphatic heterocycles. The SMILES string of the molecule is CCC(C(=O)NC)N(Cc1ccc(Cl)c(Cl)c1)C(=O)CN(c1cccc(C(F)(F)F)c1)S(=O)(=O)c1ccccc1. The number of hydrogen-bond donors (Lipinski definition) is 1. The Labute approximate surface area is 240 Å². The number of hydrogen-bond acceptors (Lipinski definition) is 4. The van der Waals surface area contributed by atoms with Crippen LogP contribution < -0.4 is 9.62 Å². The minimum atomic E-state index is -4.76. The average Bonchev–Trinajstić information content (AvgIpc) is 2.93. The molecule has 0 aliphatic rings. The summed E-state index contributed by atoms with van der Waals surface area (Å²) in [6.07, 6.45) is -4.59. The summed E-state index contributed by atoms with van der Waals surface area (Å²) in [6, 6.07) is 14.3. The van der Waals surface area contributed by atoms with E-state index in [1.54, 1.807) is 19.1 Å². The van der Waals surface area contributed by atoms with Crippen molar-refractivity contribution >= 4 is 50.7 Å². The number of likely N-dealkylation sites (N-methyl/N-ethyl adjacent to an activating group) is 1. The van der Waals surface area contributed by atoms with E-state index >= 15 is 0 Å². The van der Waals surface area contributed by atoms with Crippen LogP contribution in [0.25, 0.3) is 0 Å². The van der Waals surface area contributed by atoms with Crippen molar-refractivity contribution in [2.24, 2.45) is 0 Å². The summed E-state index contributed by atoms with van der Waals surface area (Å²) in [5, 5.41) is 2.96. The monoisotopic (exact) mass is 615 g/mol. The van der Waals surface area contributed by atoms with Crippen molar-refractivity contribution in [3.63, 3.8) is 0 Å². The van der Waals surface area contributed by atoms with E-state index in [2.05, 4.69) is 5.32 Å². The molecule has 7 nitrogen and oxygen atoms in total. The number of nitrogens with one attached hydrogen (secondary N) is 1. The van der Waals surface area contributed by atoms with E-state index in [1.165, 1.54) is 54.4 Å². The Kier molecular flexibility index (Phi) is 10.1. The molecule has 3 rings (SSSR count). The topological polar surface area (TPSA) is 86.8 Å². The maximum atomic E-state index is 13.8. The Morgan fingerprint density at radius 3 is 2.20 bits per heavy atom. The molecule has 0 saturated heterocycles. The van der Waals surface area contributed by atoms with Crippen molar-refractivity contribution in [3.8, 4) is 0 Å². The van der Waals surface area contributed by atoms with E-state index in [4.69, 9.17) is 23.2 Å². The van der Waals surface area contributed by atoms with Gasteiger partial charge in [0.05, 0.1) is 26.2 Å². The van der Waals surface area contributed by atoms with Crippen LogP contribution in [0.3, 0.4) is 0 Å². The molecule has 1 atom stereocenters. The Balaban J connectivity index is 2.11. The first-order chi connectivity index (χ1) is 18.8. The van der Waals surface area contributed by atoms with Gasteiger partial charge in [-0.2, -0.15) is 13.2 Å². The Bertz CT molecular complexity index is 1470. The van der Waals surface area contributed by atoms with Crippen LogP contribution in [0.15, 0.2) is 77.7 Å². The summed E-state index contributed by atoms with van der Waals surface area (Å²) < 4.78 is 68.5. The van der Waals surface area contributed by atoms with Gasteiger partial charge in [-0.3, -0.25) is 13.9 Å². The molecular formula is C27H26Cl2F3N3O4S. The van der Waals surface area contributed by atoms with Crippen molar-refractivity contribution in [1.29, 1.82) is 0 Å². The summed E-state index contributed by atoms with van der Waals surface area (Å²) in [6.45, 7) is 0.636. The van der Waals surface area contributed by atoms with E-state index in [-0.39, 0.29) is 33.6 Å². The van der Waals surface area contributed by atoms with Gasteiger partial charge >= 0.3 is 6.18 Å². The lowest BCUT2D eigenvalue weighted by Crippen LogP contribution is -2.51. The average molecular weight is 616 g/mol. The summed E-state index contributed by atoms with van der Waals surface area (Å²) in [4.78, 5) is 27.5. The van der Waals surface area contributed by atoms with Gasteiger partial charge in [-0.15, -0.1) is 0 Å². The zero-order valence-electron chi connectivity index (χ0n) is 21.5. The van der Waals surface area contributed by atoms with Gasteiger partial charge in [0.25, 0.3) is 10.0 Å². The molecular weight excluding hydrogens is 590 g/mol. The zero-order valence-corrected chi connectivity index (χ0v) is 23.8. The van der Waals surface area contributed by atoms with Crippen LogP contribution in [0.2, 0.25) is 10.0 Å². The third-order valence-corrected chi connectivity index (χ3v) is 8.57. The number of halogens is 5. The fourth-order valence-electron chi connectivity index (χ4n) is 4.01. The summed E-state index contributed by atoms with van der Waals surface area (Å²) in [5.41, 5.74) is -0.952. The van der Waals surface area contributed by atoms with Crippen LogP contribution >= 0.6 is 23.2 Å². The summed E-state index contributed by atoms with van der Waals surface area (Å²) in [7, 11) is -3.12. The molecule has 0 spiro atoms. The van der Waals surface area contributed by atoms with Crippen LogP contribution in [-0.2, 0) is 32.3 Å². The fourth-order valence-corrected chi connectivity index (χ4v) is 5.75. The number of carbonyl (C=O) groups excluding carboxylic acids is 2. The first-order valence-corrected chi connectivity index (χ1v) is 14.2. The van der Waals surface area contributed by atoms with Gasteiger partial charge in [0.15, 0.2) is 0 Å². The van der Waals surface area contributed by atoms with Crippen molar-refractivity contribution in [1.82, 2.24) is 10.2 Å². The molecule has 3 aromatic carbocycles. The number of amides is 2. The molecule has 3 aromatic rings. The van der Waals surface area contributed by atoms with Crippen LogP contribution in [0.1, 0.15) is 24.5 Å². The third-order valence-electron chi connectivity index (χ3n) is 6.04. The largest absolute Gasteiger partial charge is 0.416 e. The Hall–Kier alpha value is -3.28. The molecule has 214 valence electrons. The molecule has 0 heterocycles. The lowest BCUT2D eigenvalue weighted by atomic mass is 10.1. The van der Waals surface area contributed by atoms with Crippen LogP contribution in [0.4, 0.5) is 18.9 Å². The number of benzene rings is 3. The molecule has 40 heavy (non-hydrogen) atoms. The highest BCUT2D eigenvalue weighted by atomic mass is 35.5. The van der Waals surface area contributed by atoms with E-state index in [1.807, 2.05) is 0 Å². The lowest BCUT2D eigenvalue weighted by Gasteiger charge is -2.33. The second-order valence-corrected chi connectivity index (χ2v) is 11.4. The third kappa shape index (κ3) is 7.26. The van der Waals surface area contributed by atoms with Crippen LogP contribution in [-0.4, -0.2) is 44.8 Å². The highest BCUT2D eigenvalue weighted by Gasteiger charge is 2.35. The molecule has 0 saturated carbocycles. The smallest absolute Gasteiger partial charge is 0.357 e. The Morgan fingerprint density at radius 2 is 1.62 bits per heavy atom. The Morgan fingerprint density at radius 1 is 0.950 bits per heavy atom. The fraction of sp³-hybridized carbons (Fsp3) is 0.259. The van der Waals surface area contributed by atoms with Gasteiger partial charge < -0.3 is 10.2 Å². The first-order valence-electron chi connectivity index (χ1n) is 12.0. The van der Waals surface area contributed by atoms with E-state index in [0.717, 1.165) is 12.1 Å². The highest BCUT2D eigenvalue weighted by Crippen LogP contribution is 2.33. The zero-order chi connectivity index (χ0) is 29.7. The molecule has 0 aromatic heterocycles. The minimum absolute atomic E-state index is 0.149. The van der Waals surface area contributed by atoms with Gasteiger partial charge in [0.2, 0.25) is 11.8 Å². The molecule has 2 amide bonds. The van der Waals surface area contributed by atoms with E-state index in [0.29, 0.717) is 15.9 Å². The highest BCUT2D eigenvalue weighted by molar-refractivity contribution is 7.92. The molecule has 13 heteroatoms. The number of anilines is 1. The number of sulfonamides is 1. The minimum Gasteiger partial charge on any atom is -0.357 e. The van der Waals surface area contributed by atoms with Crippen LogP contribution in [0.5, 0.6) is 0 Å². The maximum absolute atomic E-state index is 13.8. The maximum Gasteiger partial charge on any atom is 0.416 e. The van der Waals surface area contributed by atoms with Crippen molar-refractivity contribution in [2.45, 2.75) is 37.0 Å². The molecule has 1 unspecified atom stereocenters. The predicted octanol–water partition coefficient (Wildman–Crippen LogP) is 5.76. The standard InChI is InChI=1S/C27H26Cl2F3N3O4S/c1-3-24(26(37)33-2)34(16-18-12-13-22(28)23(29)14-18)25(36)17-35(40(38,39)21-10-5-4-6-11-21)20-9-7-8-19(15-20)27(30,31)32/h4-15,24H,3,16-17H2,1-2H3,(H,33,37). The summed E-state index contributed by atoms with van der Waals surface area (Å²) in [5.74, 6) is -1.33. The molecule has 1 N–H and O–H groups in total. The predicted molar refractivity (Wildman–Crippen MR) is 148 cm³/mol. The van der Waals surface area contributed by atoms with E-state index in [9.17, 15) is 31.2 Å². The van der Waals surface area contributed by atoms with Crippen molar-refractivity contribution < 1.29 is 31.2 Å². The van der Waals surface area contributed by atoms with Crippen molar-refractivity contribution in [2.75, 3.05) is 17.9 Å². The van der Waals surface area contributed by atoms with Gasteiger partial charge in [-0.25, -0.2) is 8.42 Å². The normalized spacial score (nSPS) is 12.5. The van der Waals surface area contributed by atoms with Gasteiger partial charge in [-0.05, 0) is 54.4 Å². The first kappa shape index (κ1) is 31.3. The lowest BCUT2D eigenvalue weighted by molar-refractivity contribution is -0.140. The second kappa shape index (κ2) is 12.9. The number of nitrogens with zero attached hydrogens (tertiary/aromatic N) is 2. The molecule has 0 radical (unpaired) electrons. The van der Waals surface area contributed by atoms with Gasteiger partial charge in [0.1, 0.15) is 12.6 Å². The van der Waals surface area contributed by atoms with Crippen molar-refractivity contribution in [3.05, 3.63) is 94.0 Å². The van der Waals surface area contributed by atoms with Crippen LogP contribution in [0, 0.1) is 0 Å². The number of rotatable bonds is 10. The molecule has 0 aliphatic carbocycles. The number of alkyl halides is 3.